The number of anilines is 2. The van der Waals surface area contributed by atoms with Crippen molar-refractivity contribution in [3.8, 4) is 11.3 Å². The number of benzene rings is 1. The molecule has 0 spiro atoms. The Morgan fingerprint density at radius 2 is 1.97 bits per heavy atom. The first-order chi connectivity index (χ1) is 15.1. The van der Waals surface area contributed by atoms with E-state index in [0.29, 0.717) is 17.3 Å². The van der Waals surface area contributed by atoms with E-state index >= 15 is 0 Å². The fraction of sp³-hybridized carbons (Fsp3) is 0.273. The van der Waals surface area contributed by atoms with E-state index in [1.807, 2.05) is 58.8 Å². The van der Waals surface area contributed by atoms with Gasteiger partial charge in [0, 0.05) is 67.5 Å². The van der Waals surface area contributed by atoms with Crippen LogP contribution in [0.3, 0.4) is 0 Å². The third-order valence-corrected chi connectivity index (χ3v) is 5.53. The van der Waals surface area contributed by atoms with E-state index in [4.69, 9.17) is 4.98 Å². The Bertz CT molecular complexity index is 1240. The molecule has 1 aliphatic rings. The number of likely N-dealkylation sites (N-methyl/N-ethyl adjacent to an activating group) is 1. The van der Waals surface area contributed by atoms with Gasteiger partial charge < -0.3 is 15.1 Å². The minimum Gasteiger partial charge on any atom is -0.336 e. The predicted octanol–water partition coefficient (Wildman–Crippen LogP) is 2.56. The number of aryl methyl sites for hydroxylation is 1. The van der Waals surface area contributed by atoms with Crippen molar-refractivity contribution < 1.29 is 4.79 Å². The first kappa shape index (κ1) is 19.3. The molecule has 9 heteroatoms. The molecule has 2 N–H and O–H groups in total. The highest BCUT2D eigenvalue weighted by atomic mass is 16.2. The number of nitrogens with one attached hydrogen (secondary N) is 2. The van der Waals surface area contributed by atoms with Gasteiger partial charge in [-0.2, -0.15) is 5.10 Å². The zero-order chi connectivity index (χ0) is 21.4. The number of nitrogens with zero attached hydrogens (tertiary/aromatic N) is 6. The molecule has 0 radical (unpaired) electrons. The van der Waals surface area contributed by atoms with Gasteiger partial charge in [-0.05, 0) is 26.1 Å². The summed E-state index contributed by atoms with van der Waals surface area (Å²) in [6.07, 6.45) is 3.58. The molecule has 1 saturated heterocycles. The Hall–Kier alpha value is -3.72. The molecule has 1 fully saturated rings. The number of imidazole rings is 1. The zero-order valence-electron chi connectivity index (χ0n) is 17.5. The van der Waals surface area contributed by atoms with E-state index < -0.39 is 0 Å². The summed E-state index contributed by atoms with van der Waals surface area (Å²) in [7, 11) is 2.08. The summed E-state index contributed by atoms with van der Waals surface area (Å²) in [6, 6.07) is 11.5. The quantitative estimate of drug-likeness (QED) is 0.531. The van der Waals surface area contributed by atoms with Crippen molar-refractivity contribution in [3.63, 3.8) is 0 Å². The van der Waals surface area contributed by atoms with Gasteiger partial charge in [0.05, 0.1) is 5.69 Å². The molecule has 1 aromatic carbocycles. The average Bonchev–Trinajstić information content (AvgIpc) is 3.42. The molecular formula is C22H24N8O. The van der Waals surface area contributed by atoms with Crippen LogP contribution in [-0.4, -0.2) is 73.5 Å². The fourth-order valence-corrected chi connectivity index (χ4v) is 3.76. The van der Waals surface area contributed by atoms with Gasteiger partial charge in [-0.15, -0.1) is 0 Å². The fourth-order valence-electron chi connectivity index (χ4n) is 3.76. The minimum absolute atomic E-state index is 0.0576. The van der Waals surface area contributed by atoms with Crippen LogP contribution in [-0.2, 0) is 0 Å². The molecule has 0 saturated carbocycles. The lowest BCUT2D eigenvalue weighted by Gasteiger charge is -2.32. The van der Waals surface area contributed by atoms with Crippen LogP contribution in [0.5, 0.6) is 0 Å². The Balaban J connectivity index is 1.48. The van der Waals surface area contributed by atoms with Crippen LogP contribution < -0.4 is 5.32 Å². The molecule has 3 aromatic heterocycles. The number of hydrogen-bond donors (Lipinski definition) is 2. The summed E-state index contributed by atoms with van der Waals surface area (Å²) in [5.41, 5.74) is 3.99. The first-order valence-corrected chi connectivity index (χ1v) is 10.3. The van der Waals surface area contributed by atoms with Crippen molar-refractivity contribution in [1.82, 2.24) is 34.4 Å². The van der Waals surface area contributed by atoms with Crippen LogP contribution in [0.2, 0.25) is 0 Å². The summed E-state index contributed by atoms with van der Waals surface area (Å²) in [6.45, 7) is 5.22. The van der Waals surface area contributed by atoms with Crippen molar-refractivity contribution >= 4 is 23.3 Å². The summed E-state index contributed by atoms with van der Waals surface area (Å²) in [5, 5.41) is 10.4. The molecule has 31 heavy (non-hydrogen) atoms. The summed E-state index contributed by atoms with van der Waals surface area (Å²) < 4.78 is 1.87. The van der Waals surface area contributed by atoms with E-state index in [1.165, 1.54) is 0 Å². The number of hydrogen-bond acceptors (Lipinski definition) is 6. The molecule has 1 amide bonds. The summed E-state index contributed by atoms with van der Waals surface area (Å²) >= 11 is 0. The number of amides is 1. The van der Waals surface area contributed by atoms with Gasteiger partial charge >= 0.3 is 0 Å². The average molecular weight is 416 g/mol. The third kappa shape index (κ3) is 3.87. The maximum atomic E-state index is 13.0. The van der Waals surface area contributed by atoms with Gasteiger partial charge in [0.25, 0.3) is 5.91 Å². The van der Waals surface area contributed by atoms with Crippen LogP contribution in [0, 0.1) is 6.92 Å². The number of aromatic nitrogens is 5. The number of aromatic amines is 1. The lowest BCUT2D eigenvalue weighted by Crippen LogP contribution is -2.47. The zero-order valence-corrected chi connectivity index (χ0v) is 17.5. The molecule has 0 bridgehead atoms. The van der Waals surface area contributed by atoms with Gasteiger partial charge in [0.2, 0.25) is 5.95 Å². The highest BCUT2D eigenvalue weighted by Crippen LogP contribution is 2.24. The number of carbonyl (C=O) groups excluding carboxylic acids is 1. The lowest BCUT2D eigenvalue weighted by molar-refractivity contribution is 0.0664. The second kappa shape index (κ2) is 7.84. The first-order valence-electron chi connectivity index (χ1n) is 10.3. The molecule has 4 heterocycles. The number of piperazine rings is 1. The highest BCUT2D eigenvalue weighted by molar-refractivity contribution is 5.95. The van der Waals surface area contributed by atoms with Crippen molar-refractivity contribution in [2.45, 2.75) is 6.92 Å². The van der Waals surface area contributed by atoms with Crippen LogP contribution >= 0.6 is 0 Å². The van der Waals surface area contributed by atoms with E-state index in [9.17, 15) is 4.79 Å². The molecule has 0 aliphatic carbocycles. The van der Waals surface area contributed by atoms with Gasteiger partial charge in [-0.25, -0.2) is 9.97 Å². The molecule has 158 valence electrons. The smallest absolute Gasteiger partial charge is 0.253 e. The third-order valence-electron chi connectivity index (χ3n) is 5.53. The van der Waals surface area contributed by atoms with Crippen molar-refractivity contribution in [2.75, 3.05) is 38.5 Å². The van der Waals surface area contributed by atoms with Crippen molar-refractivity contribution in [2.24, 2.45) is 0 Å². The summed E-state index contributed by atoms with van der Waals surface area (Å²) in [4.78, 5) is 26.4. The molecule has 9 nitrogen and oxygen atoms in total. The maximum absolute atomic E-state index is 13.0. The topological polar surface area (TPSA) is 94.5 Å². The molecule has 0 atom stereocenters. The number of carbonyl (C=O) groups is 1. The Kier molecular flexibility index (Phi) is 4.87. The number of fused-ring (bicyclic) bond motifs is 1. The van der Waals surface area contributed by atoms with E-state index in [-0.39, 0.29) is 5.91 Å². The molecule has 1 aliphatic heterocycles. The van der Waals surface area contributed by atoms with E-state index in [1.54, 1.807) is 6.20 Å². The number of rotatable bonds is 4. The van der Waals surface area contributed by atoms with Crippen LogP contribution in [0.4, 0.5) is 11.8 Å². The Labute approximate surface area is 179 Å². The van der Waals surface area contributed by atoms with Crippen molar-refractivity contribution in [3.05, 3.63) is 60.0 Å². The SMILES string of the molecule is Cc1cc(Nc2nc(-c3cccc(C(=O)N4CCN(C)CC4)c3)cc3nccn23)n[nH]1. The molecule has 0 unspecified atom stereocenters. The van der Waals surface area contributed by atoms with Crippen LogP contribution in [0.1, 0.15) is 16.1 Å². The van der Waals surface area contributed by atoms with Crippen molar-refractivity contribution in [1.29, 1.82) is 0 Å². The normalized spacial score (nSPS) is 14.8. The summed E-state index contributed by atoms with van der Waals surface area (Å²) in [5.74, 6) is 1.34. The second-order valence-electron chi connectivity index (χ2n) is 7.86. The van der Waals surface area contributed by atoms with E-state index in [0.717, 1.165) is 48.8 Å². The number of H-pyrrole nitrogens is 1. The predicted molar refractivity (Wildman–Crippen MR) is 118 cm³/mol. The van der Waals surface area contributed by atoms with Gasteiger partial charge in [-0.1, -0.05) is 12.1 Å². The highest BCUT2D eigenvalue weighted by Gasteiger charge is 2.21. The van der Waals surface area contributed by atoms with Crippen LogP contribution in [0.15, 0.2) is 48.8 Å². The lowest BCUT2D eigenvalue weighted by atomic mass is 10.1. The standard InChI is InChI=1S/C22H24N8O/c1-15-12-19(27-26-15)25-22-24-18(14-20-23-6-7-30(20)22)16-4-3-5-17(13-16)21(31)29-10-8-28(2)9-11-29/h3-7,12-14H,8-11H2,1-2H3,(H2,24,25,26,27). The molecular weight excluding hydrogens is 392 g/mol. The van der Waals surface area contributed by atoms with Gasteiger partial charge in [0.1, 0.15) is 5.65 Å². The molecule has 4 aromatic rings. The Morgan fingerprint density at radius 1 is 1.13 bits per heavy atom. The second-order valence-corrected chi connectivity index (χ2v) is 7.86. The molecule has 5 rings (SSSR count). The van der Waals surface area contributed by atoms with Crippen LogP contribution in [0.25, 0.3) is 16.9 Å². The monoisotopic (exact) mass is 416 g/mol. The van der Waals surface area contributed by atoms with Gasteiger partial charge in [0.15, 0.2) is 5.82 Å². The van der Waals surface area contributed by atoms with Gasteiger partial charge in [-0.3, -0.25) is 14.3 Å². The van der Waals surface area contributed by atoms with E-state index in [2.05, 4.69) is 32.4 Å². The largest absolute Gasteiger partial charge is 0.336 e. The minimum atomic E-state index is 0.0576. The maximum Gasteiger partial charge on any atom is 0.253 e. The Morgan fingerprint density at radius 3 is 2.74 bits per heavy atom.